The van der Waals surface area contributed by atoms with Crippen LogP contribution in [-0.2, 0) is 4.79 Å². The average Bonchev–Trinajstić information content (AvgIpc) is 2.29. The lowest BCUT2D eigenvalue weighted by Crippen LogP contribution is -2.11. The fourth-order valence-electron chi connectivity index (χ4n) is 1.31. The second-order valence-corrected chi connectivity index (χ2v) is 3.45. The molecule has 0 bridgehead atoms. The van der Waals surface area contributed by atoms with Gasteiger partial charge in [-0.05, 0) is 31.0 Å². The molecular formula is C13H15NO2. The number of hydrogen-bond acceptors (Lipinski definition) is 2. The molecule has 1 aromatic rings. The van der Waals surface area contributed by atoms with Gasteiger partial charge in [-0.3, -0.25) is 4.79 Å². The molecule has 0 unspecified atom stereocenters. The van der Waals surface area contributed by atoms with Crippen LogP contribution >= 0.6 is 0 Å². The standard InChI is InChI=1S/C13H15NO2/c1-2-11-6-5-7-12(10-11)14-13(16)8-3-4-9-15/h1,5-7,10,15H,3-4,8-9H2,(H,14,16). The van der Waals surface area contributed by atoms with E-state index in [2.05, 4.69) is 11.2 Å². The third kappa shape index (κ3) is 4.16. The fraction of sp³-hybridized carbons (Fsp3) is 0.308. The molecule has 1 amide bonds. The van der Waals surface area contributed by atoms with E-state index in [1.807, 2.05) is 0 Å². The molecule has 0 spiro atoms. The molecule has 3 heteroatoms. The molecule has 0 aliphatic heterocycles. The first-order valence-corrected chi connectivity index (χ1v) is 5.23. The largest absolute Gasteiger partial charge is 0.396 e. The summed E-state index contributed by atoms with van der Waals surface area (Å²) in [5, 5.41) is 11.3. The topological polar surface area (TPSA) is 49.3 Å². The van der Waals surface area contributed by atoms with Crippen LogP contribution in [0.25, 0.3) is 0 Å². The zero-order valence-corrected chi connectivity index (χ0v) is 9.07. The molecule has 1 aromatic carbocycles. The van der Waals surface area contributed by atoms with E-state index in [1.165, 1.54) is 0 Å². The number of rotatable bonds is 5. The van der Waals surface area contributed by atoms with Crippen molar-refractivity contribution in [2.45, 2.75) is 19.3 Å². The monoisotopic (exact) mass is 217 g/mol. The molecule has 0 saturated carbocycles. The molecule has 2 N–H and O–H groups in total. The second kappa shape index (κ2) is 6.65. The maximum Gasteiger partial charge on any atom is 0.224 e. The number of carbonyl (C=O) groups excluding carboxylic acids is 1. The molecule has 84 valence electrons. The molecule has 1 rings (SSSR count). The van der Waals surface area contributed by atoms with Crippen LogP contribution in [0.15, 0.2) is 24.3 Å². The summed E-state index contributed by atoms with van der Waals surface area (Å²) in [6, 6.07) is 7.16. The number of aliphatic hydroxyl groups excluding tert-OH is 1. The molecule has 0 radical (unpaired) electrons. The van der Waals surface area contributed by atoms with E-state index in [0.29, 0.717) is 24.9 Å². The van der Waals surface area contributed by atoms with Crippen molar-refractivity contribution in [1.29, 1.82) is 0 Å². The Kier molecular flexibility index (Phi) is 5.10. The van der Waals surface area contributed by atoms with E-state index < -0.39 is 0 Å². The Morgan fingerprint density at radius 2 is 2.25 bits per heavy atom. The highest BCUT2D eigenvalue weighted by molar-refractivity contribution is 5.90. The number of benzene rings is 1. The third-order valence-electron chi connectivity index (χ3n) is 2.12. The summed E-state index contributed by atoms with van der Waals surface area (Å²) in [6.07, 6.45) is 7.02. The van der Waals surface area contributed by atoms with Crippen LogP contribution in [0.5, 0.6) is 0 Å². The summed E-state index contributed by atoms with van der Waals surface area (Å²) in [5.41, 5.74) is 1.46. The molecule has 0 heterocycles. The molecule has 16 heavy (non-hydrogen) atoms. The van der Waals surface area contributed by atoms with Gasteiger partial charge in [-0.2, -0.15) is 0 Å². The number of terminal acetylenes is 1. The van der Waals surface area contributed by atoms with Crippen molar-refractivity contribution < 1.29 is 9.90 Å². The molecule has 0 fully saturated rings. The van der Waals surface area contributed by atoms with Gasteiger partial charge in [0.05, 0.1) is 0 Å². The Morgan fingerprint density at radius 1 is 1.44 bits per heavy atom. The summed E-state index contributed by atoms with van der Waals surface area (Å²) in [5.74, 6) is 2.46. The van der Waals surface area contributed by atoms with Gasteiger partial charge in [-0.1, -0.05) is 12.0 Å². The molecule has 3 nitrogen and oxygen atoms in total. The van der Waals surface area contributed by atoms with Crippen molar-refractivity contribution in [3.05, 3.63) is 29.8 Å². The Labute approximate surface area is 95.5 Å². The number of aliphatic hydroxyl groups is 1. The number of hydrogen-bond donors (Lipinski definition) is 2. The van der Waals surface area contributed by atoms with Gasteiger partial charge < -0.3 is 10.4 Å². The van der Waals surface area contributed by atoms with Gasteiger partial charge in [-0.15, -0.1) is 6.42 Å². The minimum atomic E-state index is -0.0531. The number of anilines is 1. The highest BCUT2D eigenvalue weighted by atomic mass is 16.2. The molecule has 0 aliphatic carbocycles. The third-order valence-corrected chi connectivity index (χ3v) is 2.12. The summed E-state index contributed by atoms with van der Waals surface area (Å²) in [4.78, 5) is 11.4. The van der Waals surface area contributed by atoms with Crippen LogP contribution in [-0.4, -0.2) is 17.6 Å². The molecule has 0 saturated heterocycles. The van der Waals surface area contributed by atoms with E-state index in [4.69, 9.17) is 11.5 Å². The number of nitrogens with one attached hydrogen (secondary N) is 1. The van der Waals surface area contributed by atoms with E-state index in [1.54, 1.807) is 24.3 Å². The van der Waals surface area contributed by atoms with Gasteiger partial charge in [0, 0.05) is 24.3 Å². The molecule has 0 aromatic heterocycles. The highest BCUT2D eigenvalue weighted by Crippen LogP contribution is 2.10. The zero-order chi connectivity index (χ0) is 11.8. The second-order valence-electron chi connectivity index (χ2n) is 3.45. The van der Waals surface area contributed by atoms with E-state index >= 15 is 0 Å². The summed E-state index contributed by atoms with van der Waals surface area (Å²) in [6.45, 7) is 0.125. The first-order chi connectivity index (χ1) is 7.76. The maximum atomic E-state index is 11.4. The predicted octanol–water partition coefficient (Wildman–Crippen LogP) is 1.77. The lowest BCUT2D eigenvalue weighted by molar-refractivity contribution is -0.116. The lowest BCUT2D eigenvalue weighted by Gasteiger charge is -2.05. The van der Waals surface area contributed by atoms with Gasteiger partial charge in [0.2, 0.25) is 5.91 Å². The Balaban J connectivity index is 2.47. The Morgan fingerprint density at radius 3 is 2.94 bits per heavy atom. The Bertz CT molecular complexity index is 393. The van der Waals surface area contributed by atoms with Crippen LogP contribution in [0, 0.1) is 12.3 Å². The van der Waals surface area contributed by atoms with E-state index in [0.717, 1.165) is 5.56 Å². The van der Waals surface area contributed by atoms with Gasteiger partial charge in [-0.25, -0.2) is 0 Å². The van der Waals surface area contributed by atoms with Crippen molar-refractivity contribution in [3.8, 4) is 12.3 Å². The number of amides is 1. The summed E-state index contributed by atoms with van der Waals surface area (Å²) < 4.78 is 0. The van der Waals surface area contributed by atoms with Gasteiger partial charge in [0.25, 0.3) is 0 Å². The van der Waals surface area contributed by atoms with Crippen LogP contribution < -0.4 is 5.32 Å². The lowest BCUT2D eigenvalue weighted by atomic mass is 10.2. The first kappa shape index (κ1) is 12.3. The average molecular weight is 217 g/mol. The van der Waals surface area contributed by atoms with Gasteiger partial charge in [0.15, 0.2) is 0 Å². The summed E-state index contributed by atoms with van der Waals surface area (Å²) in [7, 11) is 0. The first-order valence-electron chi connectivity index (χ1n) is 5.23. The van der Waals surface area contributed by atoms with Crippen LogP contribution in [0.2, 0.25) is 0 Å². The van der Waals surface area contributed by atoms with Crippen molar-refractivity contribution in [1.82, 2.24) is 0 Å². The molecule has 0 atom stereocenters. The summed E-state index contributed by atoms with van der Waals surface area (Å²) >= 11 is 0. The van der Waals surface area contributed by atoms with Gasteiger partial charge >= 0.3 is 0 Å². The van der Waals surface area contributed by atoms with Crippen LogP contribution in [0.4, 0.5) is 5.69 Å². The smallest absolute Gasteiger partial charge is 0.224 e. The van der Waals surface area contributed by atoms with E-state index in [9.17, 15) is 4.79 Å². The van der Waals surface area contributed by atoms with Crippen LogP contribution in [0.1, 0.15) is 24.8 Å². The number of unbranched alkanes of at least 4 members (excludes halogenated alkanes) is 1. The van der Waals surface area contributed by atoms with Crippen molar-refractivity contribution in [2.24, 2.45) is 0 Å². The molecular weight excluding hydrogens is 202 g/mol. The number of carbonyl (C=O) groups is 1. The maximum absolute atomic E-state index is 11.4. The van der Waals surface area contributed by atoms with Crippen molar-refractivity contribution >= 4 is 11.6 Å². The molecule has 0 aliphatic rings. The SMILES string of the molecule is C#Cc1cccc(NC(=O)CCCCO)c1. The quantitative estimate of drug-likeness (QED) is 0.583. The normalized spacial score (nSPS) is 9.50. The zero-order valence-electron chi connectivity index (χ0n) is 9.07. The van der Waals surface area contributed by atoms with E-state index in [-0.39, 0.29) is 12.5 Å². The predicted molar refractivity (Wildman–Crippen MR) is 63.9 cm³/mol. The Hall–Kier alpha value is -1.79. The highest BCUT2D eigenvalue weighted by Gasteiger charge is 2.01. The van der Waals surface area contributed by atoms with Gasteiger partial charge in [0.1, 0.15) is 0 Å². The minimum Gasteiger partial charge on any atom is -0.396 e. The minimum absolute atomic E-state index is 0.0531. The van der Waals surface area contributed by atoms with Crippen molar-refractivity contribution in [2.75, 3.05) is 11.9 Å². The van der Waals surface area contributed by atoms with Crippen LogP contribution in [0.3, 0.4) is 0 Å². The fourth-order valence-corrected chi connectivity index (χ4v) is 1.31. The van der Waals surface area contributed by atoms with Crippen molar-refractivity contribution in [3.63, 3.8) is 0 Å².